The van der Waals surface area contributed by atoms with Gasteiger partial charge in [-0.05, 0) is 96.1 Å². The van der Waals surface area contributed by atoms with Gasteiger partial charge in [-0.3, -0.25) is 0 Å². The van der Waals surface area contributed by atoms with Crippen molar-refractivity contribution in [3.63, 3.8) is 0 Å². The average Bonchev–Trinajstić information content (AvgIpc) is 3.77. The molecule has 2 heterocycles. The van der Waals surface area contributed by atoms with Gasteiger partial charge >= 0.3 is 0 Å². The molecule has 0 aliphatic carbocycles. The number of thiophene rings is 2. The van der Waals surface area contributed by atoms with Gasteiger partial charge in [-0.1, -0.05) is 109 Å². The highest BCUT2D eigenvalue weighted by Crippen LogP contribution is 2.46. The van der Waals surface area contributed by atoms with Gasteiger partial charge < -0.3 is 9.80 Å². The predicted octanol–water partition coefficient (Wildman–Crippen LogP) is 15.0. The van der Waals surface area contributed by atoms with E-state index in [2.05, 4.69) is 204 Å². The quantitative estimate of drug-likeness (QED) is 0.163. The minimum absolute atomic E-state index is 1.12. The van der Waals surface area contributed by atoms with Gasteiger partial charge in [0, 0.05) is 74.5 Å². The molecule has 4 heteroatoms. The summed E-state index contributed by atoms with van der Waals surface area (Å²) < 4.78 is 5.18. The van der Waals surface area contributed by atoms with E-state index in [1.807, 2.05) is 22.7 Å². The van der Waals surface area contributed by atoms with Crippen molar-refractivity contribution in [2.75, 3.05) is 9.80 Å². The Morgan fingerprint density at radius 3 is 1.37 bits per heavy atom. The normalized spacial score (nSPS) is 11.5. The summed E-state index contributed by atoms with van der Waals surface area (Å²) in [5, 5.41) is 5.21. The smallest absolute Gasteiger partial charge is 0.0482 e. The molecule has 8 aromatic carbocycles. The molecular formula is C48H32N2S2. The Kier molecular flexibility index (Phi) is 7.56. The number of nitrogens with zero attached hydrogens (tertiary/aromatic N) is 2. The molecule has 0 aliphatic rings. The molecule has 0 atom stereocenters. The molecule has 10 aromatic rings. The molecule has 52 heavy (non-hydrogen) atoms. The molecule has 0 fully saturated rings. The van der Waals surface area contributed by atoms with Crippen molar-refractivity contribution in [1.82, 2.24) is 0 Å². The van der Waals surface area contributed by atoms with Gasteiger partial charge in [0.1, 0.15) is 0 Å². The Balaban J connectivity index is 1.14. The Morgan fingerprint density at radius 2 is 0.731 bits per heavy atom. The molecule has 2 aromatic heterocycles. The van der Waals surface area contributed by atoms with E-state index < -0.39 is 0 Å². The van der Waals surface area contributed by atoms with E-state index in [9.17, 15) is 0 Å². The third-order valence-electron chi connectivity index (χ3n) is 9.82. The van der Waals surface area contributed by atoms with E-state index >= 15 is 0 Å². The topological polar surface area (TPSA) is 6.48 Å². The van der Waals surface area contributed by atoms with E-state index in [0.717, 1.165) is 34.1 Å². The van der Waals surface area contributed by atoms with Crippen LogP contribution in [0.5, 0.6) is 0 Å². The minimum Gasteiger partial charge on any atom is -0.310 e. The first-order chi connectivity index (χ1) is 25.8. The first kappa shape index (κ1) is 30.6. The Hall–Kier alpha value is -6.20. The van der Waals surface area contributed by atoms with Crippen LogP contribution < -0.4 is 9.80 Å². The van der Waals surface area contributed by atoms with Crippen molar-refractivity contribution < 1.29 is 0 Å². The second-order valence-corrected chi connectivity index (χ2v) is 15.1. The summed E-state index contributed by atoms with van der Waals surface area (Å²) >= 11 is 3.72. The lowest BCUT2D eigenvalue weighted by atomic mass is 9.97. The third-order valence-corrected chi connectivity index (χ3v) is 12.1. The first-order valence-corrected chi connectivity index (χ1v) is 19.1. The van der Waals surface area contributed by atoms with Crippen LogP contribution in [-0.2, 0) is 0 Å². The number of hydrogen-bond donors (Lipinski definition) is 0. The first-order valence-electron chi connectivity index (χ1n) is 17.5. The SMILES string of the molecule is c1ccc(N(c2ccc(-c3cc(N(c4ccccc4)c4ccccc4)cc4sc5ccccc5c34)cc2)c2ccc3c(c2)sc2ccccc23)cc1. The zero-order valence-corrected chi connectivity index (χ0v) is 29.8. The van der Waals surface area contributed by atoms with Crippen LogP contribution >= 0.6 is 22.7 Å². The zero-order valence-electron chi connectivity index (χ0n) is 28.2. The molecule has 0 unspecified atom stereocenters. The van der Waals surface area contributed by atoms with Gasteiger partial charge in [-0.15, -0.1) is 22.7 Å². The minimum atomic E-state index is 1.12. The molecule has 2 nitrogen and oxygen atoms in total. The lowest BCUT2D eigenvalue weighted by Gasteiger charge is -2.27. The molecule has 0 N–H and O–H groups in total. The van der Waals surface area contributed by atoms with Gasteiger partial charge in [-0.2, -0.15) is 0 Å². The molecule has 0 radical (unpaired) electrons. The van der Waals surface area contributed by atoms with Crippen molar-refractivity contribution in [3.8, 4) is 11.1 Å². The van der Waals surface area contributed by atoms with E-state index in [-0.39, 0.29) is 0 Å². The van der Waals surface area contributed by atoms with Crippen LogP contribution in [0.3, 0.4) is 0 Å². The highest BCUT2D eigenvalue weighted by atomic mass is 32.1. The molecular weight excluding hydrogens is 669 g/mol. The fourth-order valence-corrected chi connectivity index (χ4v) is 9.77. The standard InChI is InChI=1S/C48H32N2S2/c1-4-14-34(15-5-1)49(38-28-29-41-40-20-10-12-22-44(40)51-46(41)31-38)37-26-24-33(25-27-37)43-30-39(32-47-48(43)42-21-11-13-23-45(42)52-47)50(35-16-6-2-7-17-35)36-18-8-3-9-19-36/h1-32H. The summed E-state index contributed by atoms with van der Waals surface area (Å²) in [6.45, 7) is 0. The summed E-state index contributed by atoms with van der Waals surface area (Å²) in [5.74, 6) is 0. The fraction of sp³-hybridized carbons (Fsp3) is 0. The van der Waals surface area contributed by atoms with Crippen LogP contribution in [0.15, 0.2) is 194 Å². The van der Waals surface area contributed by atoms with Gasteiger partial charge in [-0.25, -0.2) is 0 Å². The second-order valence-electron chi connectivity index (χ2n) is 13.0. The number of anilines is 6. The molecule has 0 saturated carbocycles. The molecule has 0 saturated heterocycles. The van der Waals surface area contributed by atoms with Crippen molar-refractivity contribution in [2.24, 2.45) is 0 Å². The maximum atomic E-state index is 2.38. The van der Waals surface area contributed by atoms with Gasteiger partial charge in [0.05, 0.1) is 0 Å². The van der Waals surface area contributed by atoms with Crippen LogP contribution in [-0.4, -0.2) is 0 Å². The molecule has 0 amide bonds. The van der Waals surface area contributed by atoms with E-state index in [4.69, 9.17) is 0 Å². The Bertz CT molecular complexity index is 2800. The number of rotatable bonds is 7. The summed E-state index contributed by atoms with van der Waals surface area (Å²) in [4.78, 5) is 4.73. The molecule has 10 rings (SSSR count). The number of para-hydroxylation sites is 3. The highest BCUT2D eigenvalue weighted by Gasteiger charge is 2.20. The van der Waals surface area contributed by atoms with Crippen LogP contribution in [0.2, 0.25) is 0 Å². The molecule has 0 bridgehead atoms. The predicted molar refractivity (Wildman–Crippen MR) is 227 cm³/mol. The van der Waals surface area contributed by atoms with Crippen LogP contribution in [0, 0.1) is 0 Å². The van der Waals surface area contributed by atoms with E-state index in [1.165, 1.54) is 51.5 Å². The highest BCUT2D eigenvalue weighted by molar-refractivity contribution is 7.26. The lowest BCUT2D eigenvalue weighted by Crippen LogP contribution is -2.10. The Morgan fingerprint density at radius 1 is 0.288 bits per heavy atom. The van der Waals surface area contributed by atoms with Gasteiger partial charge in [0.25, 0.3) is 0 Å². The number of benzene rings is 8. The van der Waals surface area contributed by atoms with E-state index in [0.29, 0.717) is 0 Å². The summed E-state index contributed by atoms with van der Waals surface area (Å²) in [6, 6.07) is 70.3. The summed E-state index contributed by atoms with van der Waals surface area (Å²) in [6.07, 6.45) is 0. The van der Waals surface area contributed by atoms with Crippen molar-refractivity contribution in [3.05, 3.63) is 194 Å². The maximum Gasteiger partial charge on any atom is 0.0482 e. The van der Waals surface area contributed by atoms with E-state index in [1.54, 1.807) is 0 Å². The second kappa shape index (κ2) is 12.8. The summed E-state index contributed by atoms with van der Waals surface area (Å²) in [7, 11) is 0. The third kappa shape index (κ3) is 5.32. The molecule has 0 aliphatic heterocycles. The van der Waals surface area contributed by atoms with Crippen LogP contribution in [0.4, 0.5) is 34.1 Å². The maximum absolute atomic E-state index is 2.38. The van der Waals surface area contributed by atoms with Crippen molar-refractivity contribution in [2.45, 2.75) is 0 Å². The molecule has 246 valence electrons. The largest absolute Gasteiger partial charge is 0.310 e. The van der Waals surface area contributed by atoms with Gasteiger partial charge in [0.15, 0.2) is 0 Å². The lowest BCUT2D eigenvalue weighted by molar-refractivity contribution is 1.29. The monoisotopic (exact) mass is 700 g/mol. The summed E-state index contributed by atoms with van der Waals surface area (Å²) in [5.41, 5.74) is 9.21. The average molecular weight is 701 g/mol. The van der Waals surface area contributed by atoms with Crippen LogP contribution in [0.1, 0.15) is 0 Å². The zero-order chi connectivity index (χ0) is 34.4. The Labute approximate surface area is 310 Å². The molecule has 0 spiro atoms. The van der Waals surface area contributed by atoms with Crippen molar-refractivity contribution in [1.29, 1.82) is 0 Å². The van der Waals surface area contributed by atoms with Gasteiger partial charge in [0.2, 0.25) is 0 Å². The van der Waals surface area contributed by atoms with Crippen LogP contribution in [0.25, 0.3) is 51.5 Å². The number of hydrogen-bond acceptors (Lipinski definition) is 4. The fourth-order valence-electron chi connectivity index (χ4n) is 7.47. The van der Waals surface area contributed by atoms with Crippen molar-refractivity contribution >= 4 is 97.1 Å². The number of fused-ring (bicyclic) bond motifs is 6.